The molecule has 0 saturated heterocycles. The van der Waals surface area contributed by atoms with Crippen LogP contribution >= 0.6 is 0 Å². The van der Waals surface area contributed by atoms with Gasteiger partial charge in [-0.25, -0.2) is 0 Å². The first-order chi connectivity index (χ1) is 9.66. The maximum Gasteiger partial charge on any atom is 0.483 e. The zero-order valence-electron chi connectivity index (χ0n) is 16.2. The molecule has 0 aliphatic heterocycles. The lowest BCUT2D eigenvalue weighted by molar-refractivity contribution is 0.163. The minimum Gasteiger partial charge on any atom is -0.379 e. The van der Waals surface area contributed by atoms with Gasteiger partial charge in [-0.15, -0.1) is 0 Å². The summed E-state index contributed by atoms with van der Waals surface area (Å²) in [7, 11) is 4.08. The third-order valence-electron chi connectivity index (χ3n) is 4.49. The molecular weight excluding hydrogens is 298 g/mol. The average Bonchev–Trinajstić information content (AvgIpc) is 2.40. The van der Waals surface area contributed by atoms with Crippen molar-refractivity contribution in [3.63, 3.8) is 0 Å². The average molecular weight is 338 g/mol. The summed E-state index contributed by atoms with van der Waals surface area (Å²) >= 11 is 0. The van der Waals surface area contributed by atoms with E-state index in [0.717, 1.165) is 16.6 Å². The van der Waals surface area contributed by atoms with Crippen LogP contribution in [-0.4, -0.2) is 57.3 Å². The normalized spacial score (nSPS) is 12.6. The Morgan fingerprint density at radius 1 is 0.810 bits per heavy atom. The van der Waals surface area contributed by atoms with Crippen molar-refractivity contribution in [1.29, 1.82) is 0 Å². The number of hydrogen-bond acceptors (Lipinski definition) is 4. The van der Waals surface area contributed by atoms with Crippen LogP contribution in [0.1, 0.15) is 48.5 Å². The Labute approximate surface area is 136 Å². The fourth-order valence-electron chi connectivity index (χ4n) is 3.88. The molecule has 4 nitrogen and oxygen atoms in total. The van der Waals surface area contributed by atoms with Crippen molar-refractivity contribution in [2.45, 2.75) is 65.1 Å². The molecule has 0 heterocycles. The zero-order valence-corrected chi connectivity index (χ0v) is 18.3. The van der Waals surface area contributed by atoms with Gasteiger partial charge in [0, 0.05) is 21.3 Å². The highest BCUT2D eigenvalue weighted by Gasteiger charge is 2.45. The Morgan fingerprint density at radius 3 is 1.14 bits per heavy atom. The molecule has 0 aliphatic carbocycles. The molecule has 130 valence electrons. The smallest absolute Gasteiger partial charge is 0.379 e. The van der Waals surface area contributed by atoms with Crippen LogP contribution in [0.4, 0.5) is 0 Å². The predicted octanol–water partition coefficient (Wildman–Crippen LogP) is 3.76. The van der Waals surface area contributed by atoms with Gasteiger partial charge in [0.1, 0.15) is 8.24 Å². The molecule has 0 rings (SSSR count). The number of rotatable bonds is 8. The second-order valence-corrected chi connectivity index (χ2v) is 14.4. The Balaban J connectivity index is 0. The molecule has 0 saturated carbocycles. The number of nitrogens with zero attached hydrogens (tertiary/aromatic N) is 1. The SMILES string of the molecule is CCN(C)[Si](C(C)C)(C(C)C)C(C)C.CO[SiH](OC)OC. The van der Waals surface area contributed by atoms with Gasteiger partial charge in [0.05, 0.1) is 0 Å². The van der Waals surface area contributed by atoms with Crippen LogP contribution in [0.15, 0.2) is 0 Å². The second kappa shape index (κ2) is 11.8. The molecule has 0 amide bonds. The van der Waals surface area contributed by atoms with E-state index >= 15 is 0 Å². The molecule has 0 aromatic heterocycles. The summed E-state index contributed by atoms with van der Waals surface area (Å²) in [6.45, 7) is 18.0. The first kappa shape index (κ1) is 23.5. The molecule has 21 heavy (non-hydrogen) atoms. The summed E-state index contributed by atoms with van der Waals surface area (Å²) in [5, 5.41) is 0. The lowest BCUT2D eigenvalue weighted by Gasteiger charge is -2.49. The van der Waals surface area contributed by atoms with Gasteiger partial charge < -0.3 is 17.8 Å². The summed E-state index contributed by atoms with van der Waals surface area (Å²) in [5.41, 5.74) is 2.52. The molecule has 0 aromatic carbocycles. The fourth-order valence-corrected chi connectivity index (χ4v) is 11.7. The van der Waals surface area contributed by atoms with Gasteiger partial charge in [-0.2, -0.15) is 0 Å². The van der Waals surface area contributed by atoms with Crippen molar-refractivity contribution in [3.8, 4) is 0 Å². The van der Waals surface area contributed by atoms with E-state index in [1.807, 2.05) is 0 Å². The van der Waals surface area contributed by atoms with E-state index in [0.29, 0.717) is 0 Å². The summed E-state index contributed by atoms with van der Waals surface area (Å²) in [4.78, 5) is 0. The molecule has 0 aromatic rings. The molecule has 0 N–H and O–H groups in total. The summed E-state index contributed by atoms with van der Waals surface area (Å²) in [6, 6.07) is 0. The van der Waals surface area contributed by atoms with Gasteiger partial charge in [0.2, 0.25) is 0 Å². The lowest BCUT2D eigenvalue weighted by atomic mass is 10.5. The summed E-state index contributed by atoms with van der Waals surface area (Å²) in [5.74, 6) is 0. The largest absolute Gasteiger partial charge is 0.483 e. The molecule has 0 unspecified atom stereocenters. The maximum atomic E-state index is 4.74. The third kappa shape index (κ3) is 6.50. The molecular formula is C15H39NO3Si2. The maximum absolute atomic E-state index is 4.74. The molecule has 0 radical (unpaired) electrons. The van der Waals surface area contributed by atoms with E-state index < -0.39 is 17.8 Å². The second-order valence-electron chi connectivity index (χ2n) is 6.36. The van der Waals surface area contributed by atoms with Crippen molar-refractivity contribution in [2.75, 3.05) is 34.9 Å². The van der Waals surface area contributed by atoms with E-state index in [1.54, 1.807) is 21.3 Å². The first-order valence-corrected chi connectivity index (χ1v) is 11.5. The Kier molecular flexibility index (Phi) is 13.2. The van der Waals surface area contributed by atoms with Gasteiger partial charge in [0.25, 0.3) is 0 Å². The van der Waals surface area contributed by atoms with Crippen molar-refractivity contribution in [3.05, 3.63) is 0 Å². The highest BCUT2D eigenvalue weighted by atomic mass is 28.3. The standard InChI is InChI=1S/C12H29NSi.C3H10O3Si/c1-9-13(8)14(10(2)3,11(4)5)12(6)7;1-4-7(5-2)6-3/h10-12H,9H2,1-8H3;7H,1-3H3. The van der Waals surface area contributed by atoms with Crippen LogP contribution in [0.3, 0.4) is 0 Å². The van der Waals surface area contributed by atoms with Crippen LogP contribution < -0.4 is 0 Å². The monoisotopic (exact) mass is 337 g/mol. The lowest BCUT2D eigenvalue weighted by Crippen LogP contribution is -2.58. The van der Waals surface area contributed by atoms with Crippen LogP contribution in [0, 0.1) is 0 Å². The van der Waals surface area contributed by atoms with Crippen molar-refractivity contribution < 1.29 is 13.3 Å². The van der Waals surface area contributed by atoms with E-state index in [2.05, 4.69) is 60.1 Å². The summed E-state index contributed by atoms with van der Waals surface area (Å²) < 4.78 is 16.9. The van der Waals surface area contributed by atoms with Gasteiger partial charge >= 0.3 is 9.53 Å². The van der Waals surface area contributed by atoms with Crippen molar-refractivity contribution >= 4 is 17.8 Å². The minimum atomic E-state index is -1.67. The molecule has 0 aliphatic rings. The molecule has 0 atom stereocenters. The van der Waals surface area contributed by atoms with E-state index in [1.165, 1.54) is 6.54 Å². The number of hydrogen-bond donors (Lipinski definition) is 0. The molecule has 6 heteroatoms. The molecule has 0 fully saturated rings. The van der Waals surface area contributed by atoms with E-state index in [9.17, 15) is 0 Å². The van der Waals surface area contributed by atoms with Gasteiger partial charge in [0.15, 0.2) is 0 Å². The Bertz CT molecular complexity index is 220. The van der Waals surface area contributed by atoms with Gasteiger partial charge in [-0.1, -0.05) is 48.5 Å². The van der Waals surface area contributed by atoms with Crippen LogP contribution in [0.5, 0.6) is 0 Å². The highest BCUT2D eigenvalue weighted by molar-refractivity contribution is 6.80. The predicted molar refractivity (Wildman–Crippen MR) is 97.5 cm³/mol. The fraction of sp³-hybridized carbons (Fsp3) is 1.00. The first-order valence-electron chi connectivity index (χ1n) is 7.96. The van der Waals surface area contributed by atoms with E-state index in [4.69, 9.17) is 13.3 Å². The van der Waals surface area contributed by atoms with Gasteiger partial charge in [-0.05, 0) is 30.2 Å². The van der Waals surface area contributed by atoms with Crippen LogP contribution in [-0.2, 0) is 13.3 Å². The van der Waals surface area contributed by atoms with Crippen LogP contribution in [0.25, 0.3) is 0 Å². The van der Waals surface area contributed by atoms with Crippen molar-refractivity contribution in [1.82, 2.24) is 4.57 Å². The van der Waals surface area contributed by atoms with E-state index in [-0.39, 0.29) is 0 Å². The summed E-state index contributed by atoms with van der Waals surface area (Å²) in [6.07, 6.45) is 0. The topological polar surface area (TPSA) is 30.9 Å². The zero-order chi connectivity index (χ0) is 17.2. The third-order valence-corrected chi connectivity index (χ3v) is 12.8. The van der Waals surface area contributed by atoms with Crippen molar-refractivity contribution in [2.24, 2.45) is 0 Å². The Hall–Kier alpha value is 0.274. The molecule has 0 spiro atoms. The van der Waals surface area contributed by atoms with Crippen LogP contribution in [0.2, 0.25) is 16.6 Å². The van der Waals surface area contributed by atoms with Gasteiger partial charge in [-0.3, -0.25) is 0 Å². The Morgan fingerprint density at radius 2 is 1.10 bits per heavy atom. The minimum absolute atomic E-state index is 0.840. The quantitative estimate of drug-likeness (QED) is 0.631. The molecule has 0 bridgehead atoms. The highest BCUT2D eigenvalue weighted by Crippen LogP contribution is 2.42.